The fraction of sp³-hybridized carbons (Fsp3) is 0.200. The SMILES string of the molecule is CC(N)(C(=O)Cc1ccccn1)c1ccccc1. The van der Waals surface area contributed by atoms with Crippen LogP contribution in [0.1, 0.15) is 18.2 Å². The van der Waals surface area contributed by atoms with Gasteiger partial charge in [-0.25, -0.2) is 0 Å². The number of Topliss-reactive ketones (excluding diaryl/α,β-unsaturated/α-hetero) is 1. The molecule has 1 atom stereocenters. The first kappa shape index (κ1) is 12.5. The summed E-state index contributed by atoms with van der Waals surface area (Å²) in [7, 11) is 0. The van der Waals surface area contributed by atoms with E-state index in [0.29, 0.717) is 0 Å². The third kappa shape index (κ3) is 2.63. The summed E-state index contributed by atoms with van der Waals surface area (Å²) < 4.78 is 0. The van der Waals surface area contributed by atoms with Gasteiger partial charge in [0.15, 0.2) is 5.78 Å². The lowest BCUT2D eigenvalue weighted by atomic mass is 9.86. The summed E-state index contributed by atoms with van der Waals surface area (Å²) in [4.78, 5) is 16.4. The van der Waals surface area contributed by atoms with Crippen molar-refractivity contribution in [3.63, 3.8) is 0 Å². The number of rotatable bonds is 4. The van der Waals surface area contributed by atoms with E-state index in [9.17, 15) is 4.79 Å². The molecule has 18 heavy (non-hydrogen) atoms. The van der Waals surface area contributed by atoms with E-state index >= 15 is 0 Å². The van der Waals surface area contributed by atoms with Crippen molar-refractivity contribution in [3.05, 3.63) is 66.0 Å². The van der Waals surface area contributed by atoms with E-state index in [1.54, 1.807) is 13.1 Å². The van der Waals surface area contributed by atoms with Gasteiger partial charge in [-0.2, -0.15) is 0 Å². The fourth-order valence-electron chi connectivity index (χ4n) is 1.80. The van der Waals surface area contributed by atoms with Crippen LogP contribution in [0.3, 0.4) is 0 Å². The van der Waals surface area contributed by atoms with Crippen molar-refractivity contribution < 1.29 is 4.79 Å². The van der Waals surface area contributed by atoms with Crippen molar-refractivity contribution in [2.45, 2.75) is 18.9 Å². The number of nitrogens with zero attached hydrogens (tertiary/aromatic N) is 1. The van der Waals surface area contributed by atoms with Gasteiger partial charge in [0.05, 0.1) is 12.0 Å². The molecule has 0 saturated heterocycles. The van der Waals surface area contributed by atoms with Gasteiger partial charge in [0.25, 0.3) is 0 Å². The molecule has 0 aliphatic rings. The highest BCUT2D eigenvalue weighted by Crippen LogP contribution is 2.20. The Hall–Kier alpha value is -2.00. The third-order valence-electron chi connectivity index (χ3n) is 3.02. The normalized spacial score (nSPS) is 13.9. The van der Waals surface area contributed by atoms with E-state index in [1.165, 1.54) is 0 Å². The predicted octanol–water partition coefficient (Wildman–Crippen LogP) is 2.07. The highest BCUT2D eigenvalue weighted by molar-refractivity contribution is 5.90. The highest BCUT2D eigenvalue weighted by Gasteiger charge is 2.30. The van der Waals surface area contributed by atoms with Crippen molar-refractivity contribution in [2.24, 2.45) is 5.73 Å². The topological polar surface area (TPSA) is 56.0 Å². The van der Waals surface area contributed by atoms with Gasteiger partial charge in [-0.05, 0) is 24.6 Å². The van der Waals surface area contributed by atoms with E-state index in [0.717, 1.165) is 11.3 Å². The molecule has 1 unspecified atom stereocenters. The second-order valence-corrected chi connectivity index (χ2v) is 4.49. The summed E-state index contributed by atoms with van der Waals surface area (Å²) in [6.45, 7) is 1.74. The molecule has 3 heteroatoms. The third-order valence-corrected chi connectivity index (χ3v) is 3.02. The summed E-state index contributed by atoms with van der Waals surface area (Å²) in [6.07, 6.45) is 1.93. The Morgan fingerprint density at radius 2 is 1.83 bits per heavy atom. The minimum absolute atomic E-state index is 0.0348. The first-order valence-electron chi connectivity index (χ1n) is 5.88. The van der Waals surface area contributed by atoms with E-state index in [-0.39, 0.29) is 12.2 Å². The number of aromatic nitrogens is 1. The molecule has 2 aromatic rings. The summed E-state index contributed by atoms with van der Waals surface area (Å²) in [5.74, 6) is -0.0348. The Morgan fingerprint density at radius 3 is 2.44 bits per heavy atom. The molecule has 0 aliphatic carbocycles. The van der Waals surface area contributed by atoms with Crippen molar-refractivity contribution in [1.82, 2.24) is 4.98 Å². The number of carbonyl (C=O) groups is 1. The van der Waals surface area contributed by atoms with Crippen LogP contribution >= 0.6 is 0 Å². The molecule has 0 aliphatic heterocycles. The molecule has 0 amide bonds. The first-order valence-corrected chi connectivity index (χ1v) is 5.88. The zero-order valence-corrected chi connectivity index (χ0v) is 10.3. The van der Waals surface area contributed by atoms with Crippen LogP contribution in [-0.2, 0) is 16.8 Å². The molecule has 1 heterocycles. The van der Waals surface area contributed by atoms with Crippen molar-refractivity contribution in [2.75, 3.05) is 0 Å². The number of benzene rings is 1. The predicted molar refractivity (Wildman–Crippen MR) is 70.9 cm³/mol. The number of nitrogens with two attached hydrogens (primary N) is 1. The number of carbonyl (C=O) groups excluding carboxylic acids is 1. The Labute approximate surface area is 107 Å². The summed E-state index contributed by atoms with van der Waals surface area (Å²) in [6, 6.07) is 14.9. The maximum absolute atomic E-state index is 12.3. The monoisotopic (exact) mass is 240 g/mol. The van der Waals surface area contributed by atoms with E-state index in [4.69, 9.17) is 5.73 Å². The quantitative estimate of drug-likeness (QED) is 0.890. The van der Waals surface area contributed by atoms with Crippen LogP contribution in [0.25, 0.3) is 0 Å². The molecule has 92 valence electrons. The van der Waals surface area contributed by atoms with Crippen LogP contribution in [0.5, 0.6) is 0 Å². The number of hydrogen-bond donors (Lipinski definition) is 1. The molecule has 2 N–H and O–H groups in total. The summed E-state index contributed by atoms with van der Waals surface area (Å²) in [5.41, 5.74) is 6.75. The molecule has 0 spiro atoms. The van der Waals surface area contributed by atoms with Crippen LogP contribution in [0, 0.1) is 0 Å². The van der Waals surface area contributed by atoms with Gasteiger partial charge >= 0.3 is 0 Å². The van der Waals surface area contributed by atoms with Gasteiger partial charge in [-0.15, -0.1) is 0 Å². The van der Waals surface area contributed by atoms with Crippen LogP contribution in [0.15, 0.2) is 54.7 Å². The number of hydrogen-bond acceptors (Lipinski definition) is 3. The van der Waals surface area contributed by atoms with E-state index in [2.05, 4.69) is 4.98 Å². The van der Waals surface area contributed by atoms with Crippen molar-refractivity contribution in [3.8, 4) is 0 Å². The van der Waals surface area contributed by atoms with Gasteiger partial charge < -0.3 is 5.73 Å². The standard InChI is InChI=1S/C15H16N2O/c1-15(16,12-7-3-2-4-8-12)14(18)11-13-9-5-6-10-17-13/h2-10H,11,16H2,1H3. The maximum atomic E-state index is 12.3. The molecule has 0 fully saturated rings. The van der Waals surface area contributed by atoms with Gasteiger partial charge in [-0.3, -0.25) is 9.78 Å². The zero-order valence-electron chi connectivity index (χ0n) is 10.3. The molecule has 0 saturated carbocycles. The first-order chi connectivity index (χ1) is 8.60. The van der Waals surface area contributed by atoms with E-state index in [1.807, 2.05) is 48.5 Å². The van der Waals surface area contributed by atoms with Gasteiger partial charge in [-0.1, -0.05) is 36.4 Å². The molecule has 1 aromatic heterocycles. The van der Waals surface area contributed by atoms with Gasteiger partial charge in [0.2, 0.25) is 0 Å². The number of ketones is 1. The molecule has 0 radical (unpaired) electrons. The van der Waals surface area contributed by atoms with E-state index < -0.39 is 5.54 Å². The van der Waals surface area contributed by atoms with Crippen LogP contribution < -0.4 is 5.73 Å². The average molecular weight is 240 g/mol. The smallest absolute Gasteiger partial charge is 0.162 e. The Morgan fingerprint density at radius 1 is 1.17 bits per heavy atom. The molecule has 1 aromatic carbocycles. The van der Waals surface area contributed by atoms with Gasteiger partial charge in [0, 0.05) is 11.9 Å². The van der Waals surface area contributed by atoms with Crippen LogP contribution in [0.2, 0.25) is 0 Å². The fourth-order valence-corrected chi connectivity index (χ4v) is 1.80. The lowest BCUT2D eigenvalue weighted by molar-refractivity contribution is -0.123. The highest BCUT2D eigenvalue weighted by atomic mass is 16.1. The zero-order chi connectivity index (χ0) is 13.0. The average Bonchev–Trinajstić information content (AvgIpc) is 2.41. The Balaban J connectivity index is 2.18. The maximum Gasteiger partial charge on any atom is 0.162 e. The molecule has 0 bridgehead atoms. The second-order valence-electron chi connectivity index (χ2n) is 4.49. The van der Waals surface area contributed by atoms with Crippen LogP contribution in [-0.4, -0.2) is 10.8 Å². The van der Waals surface area contributed by atoms with Crippen LogP contribution in [0.4, 0.5) is 0 Å². The molecule has 3 nitrogen and oxygen atoms in total. The lowest BCUT2D eigenvalue weighted by Gasteiger charge is -2.23. The van der Waals surface area contributed by atoms with Crippen molar-refractivity contribution >= 4 is 5.78 Å². The minimum atomic E-state index is -0.973. The summed E-state index contributed by atoms with van der Waals surface area (Å²) >= 11 is 0. The minimum Gasteiger partial charge on any atom is -0.315 e. The lowest BCUT2D eigenvalue weighted by Crippen LogP contribution is -2.42. The van der Waals surface area contributed by atoms with Gasteiger partial charge in [0.1, 0.15) is 0 Å². The number of pyridine rings is 1. The Bertz CT molecular complexity index is 521. The Kier molecular flexibility index (Phi) is 3.53. The molecular weight excluding hydrogens is 224 g/mol. The van der Waals surface area contributed by atoms with Crippen molar-refractivity contribution in [1.29, 1.82) is 0 Å². The summed E-state index contributed by atoms with van der Waals surface area (Å²) in [5, 5.41) is 0. The molecule has 2 rings (SSSR count). The largest absolute Gasteiger partial charge is 0.315 e. The second kappa shape index (κ2) is 5.10. The molecular formula is C15H16N2O.